The molecule has 0 aromatic rings. The minimum atomic E-state index is -0.429. The summed E-state index contributed by atoms with van der Waals surface area (Å²) in [7, 11) is 0. The maximum Gasteiger partial charge on any atom is 0.509 e. The highest BCUT2D eigenvalue weighted by atomic mass is 127. The van der Waals surface area contributed by atoms with E-state index in [9.17, 15) is 4.79 Å². The van der Waals surface area contributed by atoms with Crippen molar-refractivity contribution < 1.29 is 14.3 Å². The number of hydrogen-bond acceptors (Lipinski definition) is 3. The highest BCUT2D eigenvalue weighted by molar-refractivity contribution is 14.1. The first-order chi connectivity index (χ1) is 9.64. The molecule has 3 nitrogen and oxygen atoms in total. The highest BCUT2D eigenvalue weighted by Crippen LogP contribution is 2.37. The van der Waals surface area contributed by atoms with Gasteiger partial charge in [0.05, 0.1) is 0 Å². The third-order valence-electron chi connectivity index (χ3n) is 4.62. The quantitative estimate of drug-likeness (QED) is 0.291. The summed E-state index contributed by atoms with van der Waals surface area (Å²) in [5, 5.41) is 0. The van der Waals surface area contributed by atoms with E-state index in [1.165, 1.54) is 12.8 Å². The molecule has 0 atom stereocenters. The summed E-state index contributed by atoms with van der Waals surface area (Å²) in [6.45, 7) is 0. The van der Waals surface area contributed by atoms with Gasteiger partial charge in [0.25, 0.3) is 0 Å². The molecule has 0 saturated heterocycles. The summed E-state index contributed by atoms with van der Waals surface area (Å²) in [5.41, 5.74) is -0.534. The zero-order valence-corrected chi connectivity index (χ0v) is 16.3. The molecule has 0 N–H and O–H groups in total. The Kier molecular flexibility index (Phi) is 6.69. The van der Waals surface area contributed by atoms with Crippen LogP contribution in [0.2, 0.25) is 0 Å². The normalized spacial score (nSPS) is 24.9. The van der Waals surface area contributed by atoms with Crippen LogP contribution in [0.25, 0.3) is 0 Å². The van der Waals surface area contributed by atoms with E-state index in [1.54, 1.807) is 0 Å². The summed E-state index contributed by atoms with van der Waals surface area (Å²) in [6, 6.07) is 0. The van der Waals surface area contributed by atoms with Crippen LogP contribution >= 0.6 is 45.2 Å². The lowest BCUT2D eigenvalue weighted by Gasteiger charge is -2.38. The second-order valence-corrected chi connectivity index (χ2v) is 7.73. The second-order valence-electron chi connectivity index (χ2n) is 6.21. The Bertz CT molecular complexity index is 291. The molecule has 0 heterocycles. The van der Waals surface area contributed by atoms with Crippen LogP contribution < -0.4 is 0 Å². The minimum Gasteiger partial charge on any atom is -0.427 e. The van der Waals surface area contributed by atoms with E-state index in [1.807, 2.05) is 0 Å². The number of carbonyl (C=O) groups excluding carboxylic acids is 1. The molecule has 0 aromatic heterocycles. The Morgan fingerprint density at radius 3 is 1.40 bits per heavy atom. The lowest BCUT2D eigenvalue weighted by Crippen LogP contribution is -2.44. The zero-order chi connectivity index (χ0) is 14.5. The molecule has 2 aliphatic carbocycles. The number of carbonyl (C=O) groups is 1. The van der Waals surface area contributed by atoms with Gasteiger partial charge in [0.1, 0.15) is 11.2 Å². The van der Waals surface area contributed by atoms with Gasteiger partial charge in [-0.2, -0.15) is 0 Å². The molecular weight excluding hydrogens is 482 g/mol. The fraction of sp³-hybridized carbons (Fsp3) is 0.933. The fourth-order valence-electron chi connectivity index (χ4n) is 3.29. The van der Waals surface area contributed by atoms with Crippen LogP contribution in [-0.4, -0.2) is 26.2 Å². The monoisotopic (exact) mass is 506 g/mol. The predicted molar refractivity (Wildman–Crippen MR) is 97.0 cm³/mol. The highest BCUT2D eigenvalue weighted by Gasteiger charge is 2.40. The maximum absolute atomic E-state index is 12.3. The van der Waals surface area contributed by atoms with Crippen molar-refractivity contribution in [2.75, 3.05) is 8.86 Å². The predicted octanol–water partition coefficient (Wildman–Crippen LogP) is 5.42. The summed E-state index contributed by atoms with van der Waals surface area (Å²) < 4.78 is 13.3. The molecule has 2 saturated carbocycles. The molecule has 116 valence electrons. The molecule has 0 unspecified atom stereocenters. The minimum absolute atomic E-state index is 0.267. The van der Waals surface area contributed by atoms with Crippen LogP contribution in [0.4, 0.5) is 4.79 Å². The van der Waals surface area contributed by atoms with Crippen LogP contribution in [0.3, 0.4) is 0 Å². The topological polar surface area (TPSA) is 35.5 Å². The summed E-state index contributed by atoms with van der Waals surface area (Å²) in [6.07, 6.45) is 10.7. The smallest absolute Gasteiger partial charge is 0.427 e. The van der Waals surface area contributed by atoms with E-state index in [4.69, 9.17) is 9.47 Å². The van der Waals surface area contributed by atoms with Crippen LogP contribution in [0.15, 0.2) is 0 Å². The van der Waals surface area contributed by atoms with Crippen molar-refractivity contribution in [3.8, 4) is 0 Å². The Labute approximate surface area is 149 Å². The maximum atomic E-state index is 12.3. The number of hydrogen-bond donors (Lipinski definition) is 0. The second kappa shape index (κ2) is 7.83. The number of alkyl halides is 2. The molecule has 2 rings (SSSR count). The first-order valence-electron chi connectivity index (χ1n) is 7.68. The van der Waals surface area contributed by atoms with Crippen LogP contribution in [0.1, 0.15) is 64.2 Å². The lowest BCUT2D eigenvalue weighted by atomic mass is 9.86. The van der Waals surface area contributed by atoms with Crippen molar-refractivity contribution >= 4 is 51.3 Å². The zero-order valence-electron chi connectivity index (χ0n) is 12.0. The first kappa shape index (κ1) is 17.1. The Morgan fingerprint density at radius 1 is 0.750 bits per heavy atom. The number of halogens is 2. The average molecular weight is 506 g/mol. The summed E-state index contributed by atoms with van der Waals surface area (Å²) in [5.74, 6) is 0. The summed E-state index contributed by atoms with van der Waals surface area (Å²) >= 11 is 4.68. The summed E-state index contributed by atoms with van der Waals surface area (Å²) in [4.78, 5) is 12.3. The Morgan fingerprint density at radius 2 is 1.10 bits per heavy atom. The lowest BCUT2D eigenvalue weighted by molar-refractivity contribution is -0.0849. The molecule has 20 heavy (non-hydrogen) atoms. The third-order valence-corrected chi connectivity index (χ3v) is 7.40. The van der Waals surface area contributed by atoms with Gasteiger partial charge in [0.2, 0.25) is 0 Å². The van der Waals surface area contributed by atoms with Gasteiger partial charge in [0, 0.05) is 8.86 Å². The molecule has 0 radical (unpaired) electrons. The van der Waals surface area contributed by atoms with Crippen LogP contribution in [0, 0.1) is 0 Å². The van der Waals surface area contributed by atoms with Gasteiger partial charge in [-0.05, 0) is 51.4 Å². The van der Waals surface area contributed by atoms with E-state index in [2.05, 4.69) is 45.2 Å². The first-order valence-corrected chi connectivity index (χ1v) is 10.7. The van der Waals surface area contributed by atoms with Gasteiger partial charge in [-0.25, -0.2) is 4.79 Å². The number of ether oxygens (including phenoxy) is 2. The average Bonchev–Trinajstić information content (AvgIpc) is 2.49. The molecule has 0 bridgehead atoms. The van der Waals surface area contributed by atoms with E-state index in [0.29, 0.717) is 0 Å². The molecule has 0 aliphatic heterocycles. The molecule has 0 aromatic carbocycles. The molecule has 2 fully saturated rings. The van der Waals surface area contributed by atoms with Gasteiger partial charge in [0.15, 0.2) is 0 Å². The van der Waals surface area contributed by atoms with Gasteiger partial charge in [-0.15, -0.1) is 0 Å². The number of rotatable bonds is 4. The van der Waals surface area contributed by atoms with Crippen molar-refractivity contribution in [2.24, 2.45) is 0 Å². The van der Waals surface area contributed by atoms with Crippen molar-refractivity contribution in [2.45, 2.75) is 75.4 Å². The Balaban J connectivity index is 1.93. The molecule has 0 amide bonds. The van der Waals surface area contributed by atoms with Crippen molar-refractivity contribution in [3.63, 3.8) is 0 Å². The van der Waals surface area contributed by atoms with Gasteiger partial charge >= 0.3 is 6.16 Å². The van der Waals surface area contributed by atoms with E-state index in [0.717, 1.165) is 60.2 Å². The van der Waals surface area contributed by atoms with Crippen molar-refractivity contribution in [3.05, 3.63) is 0 Å². The molecule has 0 spiro atoms. The van der Waals surface area contributed by atoms with Gasteiger partial charge in [-0.1, -0.05) is 58.0 Å². The van der Waals surface area contributed by atoms with E-state index in [-0.39, 0.29) is 11.2 Å². The van der Waals surface area contributed by atoms with Crippen molar-refractivity contribution in [1.29, 1.82) is 0 Å². The SMILES string of the molecule is O=C(OC1(CI)CCCCC1)OC1(CI)CCCCC1. The van der Waals surface area contributed by atoms with E-state index >= 15 is 0 Å². The molecule has 5 heteroatoms. The molecule has 2 aliphatic rings. The fourth-order valence-corrected chi connectivity index (χ4v) is 5.13. The van der Waals surface area contributed by atoms with Gasteiger partial charge < -0.3 is 9.47 Å². The Hall–Kier alpha value is 0.730. The molecular formula is C15H24I2O3. The van der Waals surface area contributed by atoms with Crippen LogP contribution in [-0.2, 0) is 9.47 Å². The van der Waals surface area contributed by atoms with Crippen LogP contribution in [0.5, 0.6) is 0 Å². The van der Waals surface area contributed by atoms with E-state index < -0.39 is 6.16 Å². The van der Waals surface area contributed by atoms with Crippen molar-refractivity contribution in [1.82, 2.24) is 0 Å². The van der Waals surface area contributed by atoms with Gasteiger partial charge in [-0.3, -0.25) is 0 Å². The third kappa shape index (κ3) is 4.36. The standard InChI is InChI=1S/C15H24I2O3/c16-11-14(7-3-1-4-8-14)19-13(18)20-15(12-17)9-5-2-6-10-15/h1-12H2. The largest absolute Gasteiger partial charge is 0.509 e.